The Labute approximate surface area is 145 Å². The fraction of sp³-hybridized carbons (Fsp3) is 0.533. The number of nitrogens with zero attached hydrogens (tertiary/aromatic N) is 2. The lowest BCUT2D eigenvalue weighted by molar-refractivity contribution is 0.0425. The average molecular weight is 362 g/mol. The Balaban J connectivity index is 3.09. The molecule has 1 rings (SSSR count). The number of ether oxygens (including phenoxy) is 2. The van der Waals surface area contributed by atoms with Crippen molar-refractivity contribution in [2.75, 3.05) is 5.01 Å². The third-order valence-electron chi connectivity index (χ3n) is 2.22. The summed E-state index contributed by atoms with van der Waals surface area (Å²) in [6, 6.07) is 0.941. The van der Waals surface area contributed by atoms with E-state index < -0.39 is 29.2 Å². The number of halogens is 2. The van der Waals surface area contributed by atoms with Gasteiger partial charge in [0.1, 0.15) is 11.2 Å². The van der Waals surface area contributed by atoms with E-state index in [4.69, 9.17) is 21.1 Å². The molecule has 134 valence electrons. The van der Waals surface area contributed by atoms with Crippen LogP contribution in [0.25, 0.3) is 0 Å². The van der Waals surface area contributed by atoms with Gasteiger partial charge in [-0.3, -0.25) is 0 Å². The summed E-state index contributed by atoms with van der Waals surface area (Å²) in [7, 11) is 0. The van der Waals surface area contributed by atoms with Gasteiger partial charge in [-0.25, -0.2) is 24.4 Å². The fourth-order valence-electron chi connectivity index (χ4n) is 1.45. The van der Waals surface area contributed by atoms with Crippen molar-refractivity contribution < 1.29 is 23.5 Å². The van der Waals surface area contributed by atoms with Crippen molar-refractivity contribution >= 4 is 29.5 Å². The maximum absolute atomic E-state index is 13.6. The molecule has 0 fully saturated rings. The van der Waals surface area contributed by atoms with Crippen LogP contribution in [-0.4, -0.2) is 28.4 Å². The molecule has 0 aromatic carbocycles. The molecule has 9 heteroatoms. The topological polar surface area (TPSA) is 80.8 Å². The second-order valence-electron chi connectivity index (χ2n) is 6.90. The molecular weight excluding hydrogens is 341 g/mol. The van der Waals surface area contributed by atoms with Crippen molar-refractivity contribution in [2.24, 2.45) is 0 Å². The maximum atomic E-state index is 13.6. The van der Waals surface area contributed by atoms with Crippen LogP contribution in [0.15, 0.2) is 12.3 Å². The van der Waals surface area contributed by atoms with Gasteiger partial charge < -0.3 is 9.47 Å². The lowest BCUT2D eigenvalue weighted by Crippen LogP contribution is -2.50. The zero-order valence-electron chi connectivity index (χ0n) is 14.4. The van der Waals surface area contributed by atoms with E-state index >= 15 is 0 Å². The first-order valence-corrected chi connectivity index (χ1v) is 7.50. The summed E-state index contributed by atoms with van der Waals surface area (Å²) in [6.07, 6.45) is -0.729. The second-order valence-corrected chi connectivity index (χ2v) is 7.25. The average Bonchev–Trinajstić information content (AvgIpc) is 2.35. The number of rotatable bonds is 1. The number of anilines is 1. The van der Waals surface area contributed by atoms with Crippen molar-refractivity contribution in [3.8, 4) is 0 Å². The summed E-state index contributed by atoms with van der Waals surface area (Å²) in [5, 5.41) is 0.339. The highest BCUT2D eigenvalue weighted by Gasteiger charge is 2.28. The van der Waals surface area contributed by atoms with Gasteiger partial charge in [0.2, 0.25) is 0 Å². The van der Waals surface area contributed by atoms with Gasteiger partial charge in [0.25, 0.3) is 0 Å². The zero-order chi connectivity index (χ0) is 18.7. The van der Waals surface area contributed by atoms with Gasteiger partial charge in [-0.2, -0.15) is 5.01 Å². The van der Waals surface area contributed by atoms with Gasteiger partial charge in [0, 0.05) is 6.07 Å². The van der Waals surface area contributed by atoms with E-state index in [1.165, 1.54) is 0 Å². The summed E-state index contributed by atoms with van der Waals surface area (Å²) < 4.78 is 23.9. The molecule has 0 unspecified atom stereocenters. The molecule has 0 radical (unpaired) electrons. The van der Waals surface area contributed by atoms with Crippen molar-refractivity contribution in [1.29, 1.82) is 0 Å². The number of amides is 2. The van der Waals surface area contributed by atoms with Crippen LogP contribution in [-0.2, 0) is 9.47 Å². The standard InChI is InChI=1S/C15H21ClFN3O4/c1-14(2,3)23-12(21)19-20(13(22)24-15(4,5)6)9-7-10(17)11(16)18-8-9/h7-8H,1-6H3,(H,19,21). The Kier molecular flexibility index (Phi) is 5.99. The third kappa shape index (κ3) is 6.57. The number of hydrazine groups is 1. The van der Waals surface area contributed by atoms with E-state index in [0.717, 1.165) is 12.3 Å². The van der Waals surface area contributed by atoms with Gasteiger partial charge in [0.15, 0.2) is 11.0 Å². The number of carbonyl (C=O) groups excluding carboxylic acids is 2. The molecule has 0 aliphatic carbocycles. The summed E-state index contributed by atoms with van der Waals surface area (Å²) in [5.41, 5.74) is 0.520. The van der Waals surface area contributed by atoms with Crippen LogP contribution in [0.5, 0.6) is 0 Å². The highest BCUT2D eigenvalue weighted by atomic mass is 35.5. The number of hydrogen-bond acceptors (Lipinski definition) is 5. The minimum Gasteiger partial charge on any atom is -0.443 e. The fourth-order valence-corrected chi connectivity index (χ4v) is 1.55. The molecule has 2 amide bonds. The van der Waals surface area contributed by atoms with Gasteiger partial charge in [0.05, 0.1) is 11.9 Å². The van der Waals surface area contributed by atoms with Crippen LogP contribution >= 0.6 is 11.6 Å². The van der Waals surface area contributed by atoms with Gasteiger partial charge >= 0.3 is 12.2 Å². The second kappa shape index (κ2) is 7.21. The summed E-state index contributed by atoms with van der Waals surface area (Å²) in [6.45, 7) is 9.93. The minimum absolute atomic E-state index is 0.0722. The van der Waals surface area contributed by atoms with Crippen molar-refractivity contribution in [2.45, 2.75) is 52.7 Å². The molecule has 1 aromatic rings. The molecule has 7 nitrogen and oxygen atoms in total. The normalized spacial score (nSPS) is 11.7. The number of carbonyl (C=O) groups is 2. The van der Waals surface area contributed by atoms with Crippen LogP contribution in [0.2, 0.25) is 5.15 Å². The van der Waals surface area contributed by atoms with Crippen LogP contribution in [0.3, 0.4) is 0 Å². The molecule has 0 spiro atoms. The number of pyridine rings is 1. The van der Waals surface area contributed by atoms with Crippen LogP contribution in [0.4, 0.5) is 19.7 Å². The lowest BCUT2D eigenvalue weighted by Gasteiger charge is -2.28. The van der Waals surface area contributed by atoms with E-state index in [-0.39, 0.29) is 10.8 Å². The Morgan fingerprint density at radius 1 is 1.17 bits per heavy atom. The first-order valence-electron chi connectivity index (χ1n) is 7.12. The van der Waals surface area contributed by atoms with Crippen LogP contribution in [0.1, 0.15) is 41.5 Å². The van der Waals surface area contributed by atoms with Crippen molar-refractivity contribution in [3.63, 3.8) is 0 Å². The van der Waals surface area contributed by atoms with Crippen molar-refractivity contribution in [1.82, 2.24) is 10.4 Å². The molecule has 1 N–H and O–H groups in total. The molecule has 0 saturated carbocycles. The Morgan fingerprint density at radius 3 is 2.17 bits per heavy atom. The molecule has 0 bridgehead atoms. The van der Waals surface area contributed by atoms with Crippen LogP contribution < -0.4 is 10.4 Å². The van der Waals surface area contributed by atoms with E-state index in [0.29, 0.717) is 5.01 Å². The molecular formula is C15H21ClFN3O4. The number of aromatic nitrogens is 1. The Morgan fingerprint density at radius 2 is 1.71 bits per heavy atom. The molecule has 1 heterocycles. The van der Waals surface area contributed by atoms with E-state index in [1.54, 1.807) is 41.5 Å². The summed E-state index contributed by atoms with van der Waals surface area (Å²) >= 11 is 5.53. The SMILES string of the molecule is CC(C)(C)OC(=O)NN(C(=O)OC(C)(C)C)c1cnc(Cl)c(F)c1. The molecule has 0 aliphatic rings. The first kappa shape index (κ1) is 20.0. The third-order valence-corrected chi connectivity index (χ3v) is 2.50. The molecule has 0 atom stereocenters. The zero-order valence-corrected chi connectivity index (χ0v) is 15.2. The highest BCUT2D eigenvalue weighted by molar-refractivity contribution is 6.29. The van der Waals surface area contributed by atoms with Crippen molar-refractivity contribution in [3.05, 3.63) is 23.2 Å². The maximum Gasteiger partial charge on any atom is 0.434 e. The lowest BCUT2D eigenvalue weighted by atomic mass is 10.2. The smallest absolute Gasteiger partial charge is 0.434 e. The van der Waals surface area contributed by atoms with Crippen LogP contribution in [0, 0.1) is 5.82 Å². The summed E-state index contributed by atoms with van der Waals surface area (Å²) in [4.78, 5) is 27.9. The first-order chi connectivity index (χ1) is 10.8. The predicted octanol–water partition coefficient (Wildman–Crippen LogP) is 4.06. The Bertz CT molecular complexity index is 626. The minimum atomic E-state index is -0.933. The van der Waals surface area contributed by atoms with Gasteiger partial charge in [-0.05, 0) is 41.5 Å². The monoisotopic (exact) mass is 361 g/mol. The molecule has 24 heavy (non-hydrogen) atoms. The molecule has 0 saturated heterocycles. The Hall–Kier alpha value is -2.09. The highest BCUT2D eigenvalue weighted by Crippen LogP contribution is 2.21. The molecule has 1 aromatic heterocycles. The molecule has 0 aliphatic heterocycles. The van der Waals surface area contributed by atoms with Gasteiger partial charge in [-0.1, -0.05) is 11.6 Å². The largest absolute Gasteiger partial charge is 0.443 e. The predicted molar refractivity (Wildman–Crippen MR) is 87.3 cm³/mol. The van der Waals surface area contributed by atoms with Gasteiger partial charge in [-0.15, -0.1) is 0 Å². The number of hydrogen-bond donors (Lipinski definition) is 1. The summed E-state index contributed by atoms with van der Waals surface area (Å²) in [5.74, 6) is -0.853. The quantitative estimate of drug-likeness (QED) is 0.602. The van der Waals surface area contributed by atoms with E-state index in [2.05, 4.69) is 10.4 Å². The number of nitrogens with one attached hydrogen (secondary N) is 1. The van der Waals surface area contributed by atoms with E-state index in [1.807, 2.05) is 0 Å². The van der Waals surface area contributed by atoms with E-state index in [9.17, 15) is 14.0 Å².